The first kappa shape index (κ1) is 19.1. The van der Waals surface area contributed by atoms with Crippen molar-refractivity contribution in [3.63, 3.8) is 0 Å². The quantitative estimate of drug-likeness (QED) is 0.642. The van der Waals surface area contributed by atoms with Crippen molar-refractivity contribution in [2.24, 2.45) is 0 Å². The number of H-pyrrole nitrogens is 1. The smallest absolute Gasteiger partial charge is 0.269 e. The van der Waals surface area contributed by atoms with Crippen molar-refractivity contribution >= 4 is 11.7 Å². The third-order valence-electron chi connectivity index (χ3n) is 5.07. The van der Waals surface area contributed by atoms with Crippen LogP contribution in [0.3, 0.4) is 0 Å². The molecule has 152 valence electrons. The Hall–Kier alpha value is -3.20. The number of pyridine rings is 1. The predicted molar refractivity (Wildman–Crippen MR) is 107 cm³/mol. The van der Waals surface area contributed by atoms with Gasteiger partial charge in [0, 0.05) is 44.6 Å². The highest BCUT2D eigenvalue weighted by Crippen LogP contribution is 2.22. The highest BCUT2D eigenvalue weighted by molar-refractivity contribution is 5.92. The Kier molecular flexibility index (Phi) is 5.06. The van der Waals surface area contributed by atoms with E-state index in [4.69, 9.17) is 4.74 Å². The molecule has 9 heteroatoms. The van der Waals surface area contributed by atoms with Gasteiger partial charge in [0.1, 0.15) is 17.5 Å². The summed E-state index contributed by atoms with van der Waals surface area (Å²) in [6.45, 7) is 6.04. The van der Waals surface area contributed by atoms with Crippen molar-refractivity contribution in [3.05, 3.63) is 57.5 Å². The van der Waals surface area contributed by atoms with Crippen LogP contribution < -0.4 is 15.6 Å². The molecule has 1 fully saturated rings. The monoisotopic (exact) mass is 396 g/mol. The lowest BCUT2D eigenvalue weighted by atomic mass is 10.1. The van der Waals surface area contributed by atoms with Gasteiger partial charge in [-0.05, 0) is 25.5 Å². The summed E-state index contributed by atoms with van der Waals surface area (Å²) < 4.78 is 7.88. The lowest BCUT2D eigenvalue weighted by molar-refractivity contribution is 0.0132. The summed E-state index contributed by atoms with van der Waals surface area (Å²) in [6, 6.07) is 3.46. The number of aromatic amines is 1. The molecular formula is C20H24N6O3. The molecule has 0 saturated carbocycles. The van der Waals surface area contributed by atoms with Crippen molar-refractivity contribution in [3.8, 4) is 5.75 Å². The number of amides is 1. The first-order chi connectivity index (χ1) is 14.0. The molecule has 9 nitrogen and oxygen atoms in total. The Morgan fingerprint density at radius 2 is 2.10 bits per heavy atom. The number of hydrogen-bond donors (Lipinski definition) is 2. The molecule has 0 radical (unpaired) electrons. The molecule has 1 amide bonds. The molecule has 4 rings (SSSR count). The van der Waals surface area contributed by atoms with Crippen molar-refractivity contribution in [1.29, 1.82) is 0 Å². The Balaban J connectivity index is 1.35. The highest BCUT2D eigenvalue weighted by Gasteiger charge is 2.29. The van der Waals surface area contributed by atoms with E-state index in [0.717, 1.165) is 24.3 Å². The van der Waals surface area contributed by atoms with E-state index in [9.17, 15) is 9.59 Å². The van der Waals surface area contributed by atoms with Gasteiger partial charge < -0.3 is 10.1 Å². The van der Waals surface area contributed by atoms with E-state index < -0.39 is 0 Å². The van der Waals surface area contributed by atoms with E-state index in [2.05, 4.69) is 25.2 Å². The lowest BCUT2D eigenvalue weighted by Gasteiger charge is -2.38. The standard InChI is InChI=1S/C20H24N6O3/c1-4-13-7-26-9-14(23-20(26)24-18(13)27)8-25-10-15(11-25)29-17-6-5-16(19(28)21-3)22-12(17)2/h5-7,9,15H,4,8,10-11H2,1-3H3,(H,21,28)(H,23,24,27). The second kappa shape index (κ2) is 7.67. The minimum absolute atomic E-state index is 0.0740. The molecule has 0 bridgehead atoms. The van der Waals surface area contributed by atoms with Gasteiger partial charge in [0.2, 0.25) is 5.78 Å². The second-order valence-corrected chi connectivity index (χ2v) is 7.22. The van der Waals surface area contributed by atoms with E-state index in [1.54, 1.807) is 19.2 Å². The maximum absolute atomic E-state index is 11.9. The molecule has 0 spiro atoms. The fraction of sp³-hybridized carbons (Fsp3) is 0.400. The number of aryl methyl sites for hydroxylation is 2. The van der Waals surface area contributed by atoms with Crippen molar-refractivity contribution < 1.29 is 9.53 Å². The zero-order chi connectivity index (χ0) is 20.5. The molecule has 0 aliphatic carbocycles. The maximum Gasteiger partial charge on any atom is 0.269 e. The summed E-state index contributed by atoms with van der Waals surface area (Å²) in [5, 5.41) is 2.56. The maximum atomic E-state index is 11.9. The van der Waals surface area contributed by atoms with Crippen molar-refractivity contribution in [2.75, 3.05) is 20.1 Å². The molecule has 4 heterocycles. The average molecular weight is 396 g/mol. The molecule has 1 saturated heterocycles. The summed E-state index contributed by atoms with van der Waals surface area (Å²) in [5.41, 5.74) is 2.63. The number of carbonyl (C=O) groups is 1. The van der Waals surface area contributed by atoms with Crippen LogP contribution in [0.15, 0.2) is 29.3 Å². The fourth-order valence-electron chi connectivity index (χ4n) is 3.43. The average Bonchev–Trinajstić information content (AvgIpc) is 3.07. The molecule has 1 aliphatic heterocycles. The minimum Gasteiger partial charge on any atom is -0.486 e. The third kappa shape index (κ3) is 3.86. The number of nitrogens with zero attached hydrogens (tertiary/aromatic N) is 4. The first-order valence-corrected chi connectivity index (χ1v) is 9.65. The number of rotatable bonds is 6. The van der Waals surface area contributed by atoms with Crippen LogP contribution >= 0.6 is 0 Å². The zero-order valence-corrected chi connectivity index (χ0v) is 16.7. The number of carbonyl (C=O) groups excluding carboxylic acids is 1. The van der Waals surface area contributed by atoms with E-state index in [-0.39, 0.29) is 17.6 Å². The van der Waals surface area contributed by atoms with Gasteiger partial charge in [-0.15, -0.1) is 0 Å². The summed E-state index contributed by atoms with van der Waals surface area (Å²) in [4.78, 5) is 37.4. The van der Waals surface area contributed by atoms with Gasteiger partial charge in [0.25, 0.3) is 11.5 Å². The zero-order valence-electron chi connectivity index (χ0n) is 16.7. The van der Waals surface area contributed by atoms with Crippen molar-refractivity contribution in [1.82, 2.24) is 29.6 Å². The number of imidazole rings is 1. The van der Waals surface area contributed by atoms with E-state index in [1.807, 2.05) is 30.6 Å². The Morgan fingerprint density at radius 3 is 2.79 bits per heavy atom. The molecule has 3 aromatic heterocycles. The van der Waals surface area contributed by atoms with Crippen LogP contribution in [0.1, 0.15) is 34.4 Å². The number of ether oxygens (including phenoxy) is 1. The van der Waals surface area contributed by atoms with Gasteiger partial charge in [-0.2, -0.15) is 0 Å². The largest absolute Gasteiger partial charge is 0.486 e. The second-order valence-electron chi connectivity index (χ2n) is 7.22. The molecule has 0 unspecified atom stereocenters. The molecule has 0 aromatic carbocycles. The summed E-state index contributed by atoms with van der Waals surface area (Å²) >= 11 is 0. The van der Waals surface area contributed by atoms with E-state index in [1.165, 1.54) is 0 Å². The van der Waals surface area contributed by atoms with Gasteiger partial charge >= 0.3 is 0 Å². The van der Waals surface area contributed by atoms with Crippen LogP contribution in [-0.4, -0.2) is 56.4 Å². The van der Waals surface area contributed by atoms with Gasteiger partial charge in [0.15, 0.2) is 0 Å². The fourth-order valence-corrected chi connectivity index (χ4v) is 3.43. The van der Waals surface area contributed by atoms with Gasteiger partial charge in [-0.3, -0.25) is 23.9 Å². The number of hydrogen-bond acceptors (Lipinski definition) is 6. The Bertz CT molecular complexity index is 1110. The molecule has 2 N–H and O–H groups in total. The Labute approximate surface area is 167 Å². The summed E-state index contributed by atoms with van der Waals surface area (Å²) in [7, 11) is 1.58. The van der Waals surface area contributed by atoms with Crippen LogP contribution in [-0.2, 0) is 13.0 Å². The normalized spacial score (nSPS) is 14.7. The molecule has 29 heavy (non-hydrogen) atoms. The molecule has 0 atom stereocenters. The predicted octanol–water partition coefficient (Wildman–Crippen LogP) is 0.911. The van der Waals surface area contributed by atoms with Gasteiger partial charge in [-0.1, -0.05) is 6.92 Å². The molecule has 1 aliphatic rings. The minimum atomic E-state index is -0.214. The van der Waals surface area contributed by atoms with Gasteiger partial charge in [-0.25, -0.2) is 9.97 Å². The number of aromatic nitrogens is 4. The van der Waals surface area contributed by atoms with Crippen LogP contribution in [0, 0.1) is 6.92 Å². The number of nitrogens with one attached hydrogen (secondary N) is 2. The highest BCUT2D eigenvalue weighted by atomic mass is 16.5. The van der Waals surface area contributed by atoms with E-state index in [0.29, 0.717) is 35.9 Å². The topological polar surface area (TPSA) is 105 Å². The summed E-state index contributed by atoms with van der Waals surface area (Å²) in [5.74, 6) is 1.04. The van der Waals surface area contributed by atoms with E-state index >= 15 is 0 Å². The third-order valence-corrected chi connectivity index (χ3v) is 5.07. The van der Waals surface area contributed by atoms with Crippen LogP contribution in [0.4, 0.5) is 0 Å². The summed E-state index contributed by atoms with van der Waals surface area (Å²) in [6.07, 6.45) is 4.54. The van der Waals surface area contributed by atoms with Crippen molar-refractivity contribution in [2.45, 2.75) is 32.9 Å². The van der Waals surface area contributed by atoms with Crippen LogP contribution in [0.25, 0.3) is 5.78 Å². The number of likely N-dealkylation sites (tertiary alicyclic amines) is 1. The Morgan fingerprint density at radius 1 is 1.31 bits per heavy atom. The number of fused-ring (bicyclic) bond motifs is 1. The SMILES string of the molecule is CCc1cn2cc(CN3CC(Oc4ccc(C(=O)NC)nc4C)C3)nc2[nH]c1=O. The lowest BCUT2D eigenvalue weighted by Crippen LogP contribution is -2.53. The van der Waals surface area contributed by atoms with Crippen LogP contribution in [0.5, 0.6) is 5.75 Å². The molecule has 3 aromatic rings. The first-order valence-electron chi connectivity index (χ1n) is 9.65. The van der Waals surface area contributed by atoms with Crippen LogP contribution in [0.2, 0.25) is 0 Å². The van der Waals surface area contributed by atoms with Gasteiger partial charge in [0.05, 0.1) is 11.4 Å². The molecular weight excluding hydrogens is 372 g/mol.